The number of aliphatic hydroxyl groups excluding tert-OH is 1. The summed E-state index contributed by atoms with van der Waals surface area (Å²) in [6.45, 7) is 0.0251. The zero-order valence-electron chi connectivity index (χ0n) is 9.78. The molecule has 0 fully saturated rings. The van der Waals surface area contributed by atoms with E-state index in [1.54, 1.807) is 24.5 Å². The topological polar surface area (TPSA) is 80.0 Å². The lowest BCUT2D eigenvalue weighted by Gasteiger charge is -2.05. The minimum Gasteiger partial charge on any atom is -0.396 e. The number of carbonyl (C=O) groups is 1. The van der Waals surface area contributed by atoms with Crippen LogP contribution in [0, 0.1) is 0 Å². The van der Waals surface area contributed by atoms with E-state index in [4.69, 9.17) is 5.11 Å². The van der Waals surface area contributed by atoms with Crippen molar-refractivity contribution < 1.29 is 9.90 Å². The van der Waals surface area contributed by atoms with Gasteiger partial charge in [0.15, 0.2) is 0 Å². The molecule has 0 bridgehead atoms. The van der Waals surface area contributed by atoms with Gasteiger partial charge >= 0.3 is 0 Å². The highest BCUT2D eigenvalue weighted by molar-refractivity contribution is 5.90. The lowest BCUT2D eigenvalue weighted by Crippen LogP contribution is -2.11. The lowest BCUT2D eigenvalue weighted by atomic mass is 10.2. The third kappa shape index (κ3) is 3.14. The van der Waals surface area contributed by atoms with E-state index in [0.29, 0.717) is 18.5 Å². The van der Waals surface area contributed by atoms with Crippen LogP contribution in [0.3, 0.4) is 0 Å². The van der Waals surface area contributed by atoms with Crippen molar-refractivity contribution in [2.24, 2.45) is 0 Å². The molecule has 1 amide bonds. The number of aliphatic hydroxyl groups is 1. The van der Waals surface area contributed by atoms with Gasteiger partial charge < -0.3 is 10.4 Å². The number of nitrogens with zero attached hydrogens (tertiary/aromatic N) is 3. The van der Waals surface area contributed by atoms with Gasteiger partial charge in [0.25, 0.3) is 0 Å². The summed E-state index contributed by atoms with van der Waals surface area (Å²) in [5.74, 6) is -0.103. The van der Waals surface area contributed by atoms with Crippen LogP contribution in [0.4, 0.5) is 5.69 Å². The maximum Gasteiger partial charge on any atom is 0.224 e. The van der Waals surface area contributed by atoms with E-state index in [-0.39, 0.29) is 12.5 Å². The highest BCUT2D eigenvalue weighted by Gasteiger charge is 2.02. The van der Waals surface area contributed by atoms with Gasteiger partial charge in [-0.2, -0.15) is 15.0 Å². The van der Waals surface area contributed by atoms with Crippen LogP contribution in [0.25, 0.3) is 5.69 Å². The lowest BCUT2D eigenvalue weighted by molar-refractivity contribution is -0.116. The van der Waals surface area contributed by atoms with Crippen molar-refractivity contribution >= 4 is 11.6 Å². The molecule has 0 aliphatic heterocycles. The maximum absolute atomic E-state index is 11.4. The summed E-state index contributed by atoms with van der Waals surface area (Å²) in [5.41, 5.74) is 1.54. The Morgan fingerprint density at radius 2 is 1.89 bits per heavy atom. The van der Waals surface area contributed by atoms with Gasteiger partial charge in [0.1, 0.15) is 0 Å². The van der Waals surface area contributed by atoms with Gasteiger partial charge in [-0.25, -0.2) is 0 Å². The summed E-state index contributed by atoms with van der Waals surface area (Å²) in [4.78, 5) is 12.9. The van der Waals surface area contributed by atoms with E-state index in [1.807, 2.05) is 12.1 Å². The van der Waals surface area contributed by atoms with Crippen LogP contribution in [0.1, 0.15) is 12.8 Å². The van der Waals surface area contributed by atoms with Crippen molar-refractivity contribution in [1.82, 2.24) is 15.0 Å². The predicted molar refractivity (Wildman–Crippen MR) is 66.3 cm³/mol. The molecule has 2 aromatic rings. The Labute approximate surface area is 104 Å². The van der Waals surface area contributed by atoms with Crippen LogP contribution in [0.2, 0.25) is 0 Å². The number of hydrogen-bond acceptors (Lipinski definition) is 4. The summed E-state index contributed by atoms with van der Waals surface area (Å²) in [5, 5.41) is 19.4. The number of hydrogen-bond donors (Lipinski definition) is 2. The van der Waals surface area contributed by atoms with E-state index < -0.39 is 0 Å². The minimum atomic E-state index is -0.103. The van der Waals surface area contributed by atoms with E-state index in [2.05, 4.69) is 15.5 Å². The molecular weight excluding hydrogens is 232 g/mol. The third-order valence-electron chi connectivity index (χ3n) is 2.36. The van der Waals surface area contributed by atoms with Crippen LogP contribution in [-0.2, 0) is 4.79 Å². The molecule has 1 aromatic carbocycles. The number of anilines is 1. The minimum absolute atomic E-state index is 0.0251. The van der Waals surface area contributed by atoms with Gasteiger partial charge in [-0.3, -0.25) is 4.79 Å². The van der Waals surface area contributed by atoms with E-state index in [0.717, 1.165) is 5.69 Å². The first-order valence-corrected chi connectivity index (χ1v) is 5.67. The fourth-order valence-electron chi connectivity index (χ4n) is 1.49. The third-order valence-corrected chi connectivity index (χ3v) is 2.36. The average Bonchev–Trinajstić information content (AvgIpc) is 2.91. The molecule has 0 unspecified atom stereocenters. The molecule has 0 aliphatic rings. The predicted octanol–water partition coefficient (Wildman–Crippen LogP) is 0.978. The van der Waals surface area contributed by atoms with E-state index in [9.17, 15) is 4.79 Å². The molecule has 1 aromatic heterocycles. The molecule has 0 radical (unpaired) electrons. The van der Waals surface area contributed by atoms with Crippen molar-refractivity contribution in [2.45, 2.75) is 12.8 Å². The smallest absolute Gasteiger partial charge is 0.224 e. The number of carbonyl (C=O) groups excluding carboxylic acids is 1. The number of benzene rings is 1. The Morgan fingerprint density at radius 1 is 1.22 bits per heavy atom. The first-order valence-electron chi connectivity index (χ1n) is 5.67. The first-order chi connectivity index (χ1) is 8.79. The van der Waals surface area contributed by atoms with Gasteiger partial charge in [-0.05, 0) is 30.7 Å². The molecule has 18 heavy (non-hydrogen) atoms. The van der Waals surface area contributed by atoms with Crippen molar-refractivity contribution in [3.63, 3.8) is 0 Å². The van der Waals surface area contributed by atoms with Gasteiger partial charge in [0.05, 0.1) is 18.1 Å². The second-order valence-corrected chi connectivity index (χ2v) is 3.74. The molecule has 1 heterocycles. The van der Waals surface area contributed by atoms with Crippen LogP contribution in [0.5, 0.6) is 0 Å². The van der Waals surface area contributed by atoms with Gasteiger partial charge in [0, 0.05) is 18.7 Å². The standard InChI is InChI=1S/C12H14N4O2/c17-9-1-2-12(18)15-10-3-5-11(6-4-10)16-13-7-8-14-16/h3-8,17H,1-2,9H2,(H,15,18). The second kappa shape index (κ2) is 5.92. The monoisotopic (exact) mass is 246 g/mol. The number of aromatic nitrogens is 3. The van der Waals surface area contributed by atoms with Crippen molar-refractivity contribution in [1.29, 1.82) is 0 Å². The maximum atomic E-state index is 11.4. The summed E-state index contributed by atoms with van der Waals surface area (Å²) in [6, 6.07) is 7.22. The van der Waals surface area contributed by atoms with Crippen LogP contribution < -0.4 is 5.32 Å². The largest absolute Gasteiger partial charge is 0.396 e. The van der Waals surface area contributed by atoms with Crippen LogP contribution >= 0.6 is 0 Å². The Hall–Kier alpha value is -2.21. The molecule has 2 N–H and O–H groups in total. The molecule has 0 spiro atoms. The molecule has 0 saturated carbocycles. The number of amides is 1. The van der Waals surface area contributed by atoms with E-state index >= 15 is 0 Å². The quantitative estimate of drug-likeness (QED) is 0.824. The van der Waals surface area contributed by atoms with Gasteiger partial charge in [-0.1, -0.05) is 0 Å². The Balaban J connectivity index is 1.98. The second-order valence-electron chi connectivity index (χ2n) is 3.74. The molecule has 94 valence electrons. The molecule has 0 aliphatic carbocycles. The Bertz CT molecular complexity index is 493. The zero-order valence-corrected chi connectivity index (χ0v) is 9.78. The zero-order chi connectivity index (χ0) is 12.8. The van der Waals surface area contributed by atoms with Crippen molar-refractivity contribution in [3.05, 3.63) is 36.7 Å². The fourth-order valence-corrected chi connectivity index (χ4v) is 1.49. The van der Waals surface area contributed by atoms with E-state index in [1.165, 1.54) is 4.80 Å². The SMILES string of the molecule is O=C(CCCO)Nc1ccc(-n2nccn2)cc1. The summed E-state index contributed by atoms with van der Waals surface area (Å²) in [6.07, 6.45) is 4.00. The summed E-state index contributed by atoms with van der Waals surface area (Å²) >= 11 is 0. The molecular formula is C12H14N4O2. The van der Waals surface area contributed by atoms with Crippen molar-refractivity contribution in [2.75, 3.05) is 11.9 Å². The normalized spacial score (nSPS) is 10.3. The van der Waals surface area contributed by atoms with Gasteiger partial charge in [0.2, 0.25) is 5.91 Å². The summed E-state index contributed by atoms with van der Waals surface area (Å²) in [7, 11) is 0. The molecule has 6 heteroatoms. The van der Waals surface area contributed by atoms with Crippen LogP contribution in [-0.4, -0.2) is 32.6 Å². The molecule has 0 saturated heterocycles. The highest BCUT2D eigenvalue weighted by atomic mass is 16.3. The number of nitrogens with one attached hydrogen (secondary N) is 1. The molecule has 2 rings (SSSR count). The van der Waals surface area contributed by atoms with Gasteiger partial charge in [-0.15, -0.1) is 0 Å². The molecule has 6 nitrogen and oxygen atoms in total. The fraction of sp³-hybridized carbons (Fsp3) is 0.250. The Kier molecular flexibility index (Phi) is 4.03. The Morgan fingerprint density at radius 3 is 2.50 bits per heavy atom. The van der Waals surface area contributed by atoms with Crippen LogP contribution in [0.15, 0.2) is 36.7 Å². The average molecular weight is 246 g/mol. The molecule has 0 atom stereocenters. The highest BCUT2D eigenvalue weighted by Crippen LogP contribution is 2.12. The van der Waals surface area contributed by atoms with Crippen molar-refractivity contribution in [3.8, 4) is 5.69 Å². The first kappa shape index (κ1) is 12.3. The summed E-state index contributed by atoms with van der Waals surface area (Å²) < 4.78 is 0. The number of rotatable bonds is 5.